The van der Waals surface area contributed by atoms with Crippen LogP contribution < -0.4 is 10.6 Å². The summed E-state index contributed by atoms with van der Waals surface area (Å²) in [6.07, 6.45) is 1.90. The summed E-state index contributed by atoms with van der Waals surface area (Å²) in [5.41, 5.74) is 7.02. The lowest BCUT2D eigenvalue weighted by Crippen LogP contribution is -2.32. The zero-order chi connectivity index (χ0) is 13.1. The number of nitrogens with two attached hydrogens (primary N) is 1. The minimum absolute atomic E-state index is 0.201. The number of anilines is 1. The van der Waals surface area contributed by atoms with Gasteiger partial charge in [0.2, 0.25) is 5.91 Å². The van der Waals surface area contributed by atoms with Crippen LogP contribution in [0.5, 0.6) is 0 Å². The molecule has 1 aliphatic heterocycles. The van der Waals surface area contributed by atoms with Crippen molar-refractivity contribution in [3.8, 4) is 6.07 Å². The van der Waals surface area contributed by atoms with Crippen LogP contribution in [0.4, 0.5) is 10.1 Å². The number of amides is 1. The average Bonchev–Trinajstić information content (AvgIpc) is 2.59. The molecular weight excluding hydrogens is 233 g/mol. The third kappa shape index (κ3) is 2.20. The van der Waals surface area contributed by atoms with Crippen LogP contribution in [-0.2, 0) is 4.79 Å². The van der Waals surface area contributed by atoms with Crippen molar-refractivity contribution in [3.63, 3.8) is 0 Å². The highest BCUT2D eigenvalue weighted by molar-refractivity contribution is 6.04. The zero-order valence-corrected chi connectivity index (χ0v) is 9.90. The van der Waals surface area contributed by atoms with Crippen LogP contribution in [0.1, 0.15) is 30.9 Å². The minimum atomic E-state index is -0.698. The van der Waals surface area contributed by atoms with Gasteiger partial charge in [-0.15, -0.1) is 0 Å². The molecule has 1 amide bonds. The lowest BCUT2D eigenvalue weighted by Gasteiger charge is -2.17. The molecule has 1 unspecified atom stereocenters. The molecule has 1 aromatic carbocycles. The predicted octanol–water partition coefficient (Wildman–Crippen LogP) is 1.87. The molecule has 1 atom stereocenters. The first-order chi connectivity index (χ1) is 8.65. The summed E-state index contributed by atoms with van der Waals surface area (Å²) in [7, 11) is 0. The van der Waals surface area contributed by atoms with E-state index >= 15 is 0 Å². The molecule has 0 radical (unpaired) electrons. The van der Waals surface area contributed by atoms with E-state index in [1.54, 1.807) is 6.07 Å². The first kappa shape index (κ1) is 12.5. The van der Waals surface area contributed by atoms with Gasteiger partial charge in [-0.25, -0.2) is 4.39 Å². The monoisotopic (exact) mass is 247 g/mol. The molecule has 4 nitrogen and oxygen atoms in total. The van der Waals surface area contributed by atoms with Gasteiger partial charge in [-0.1, -0.05) is 6.07 Å². The molecule has 2 N–H and O–H groups in total. The quantitative estimate of drug-likeness (QED) is 0.825. The van der Waals surface area contributed by atoms with Gasteiger partial charge in [0.15, 0.2) is 0 Å². The van der Waals surface area contributed by atoms with Crippen molar-refractivity contribution in [2.24, 2.45) is 5.73 Å². The van der Waals surface area contributed by atoms with Gasteiger partial charge in [-0.3, -0.25) is 4.79 Å². The first-order valence-electron chi connectivity index (χ1n) is 5.88. The number of hydrogen-bond donors (Lipinski definition) is 1. The maximum absolute atomic E-state index is 13.2. The second kappa shape index (κ2) is 5.15. The molecule has 2 rings (SSSR count). The smallest absolute Gasteiger partial charge is 0.248 e. The summed E-state index contributed by atoms with van der Waals surface area (Å²) in [6.45, 7) is 0.477. The number of benzene rings is 1. The normalized spacial score (nSPS) is 17.7. The molecule has 0 fully saturated rings. The Morgan fingerprint density at radius 1 is 1.44 bits per heavy atom. The van der Waals surface area contributed by atoms with Crippen molar-refractivity contribution in [1.29, 1.82) is 5.26 Å². The summed E-state index contributed by atoms with van der Waals surface area (Å²) in [5.74, 6) is -0.578. The molecular formula is C13H14FN3O. The third-order valence-electron chi connectivity index (χ3n) is 3.07. The first-order valence-corrected chi connectivity index (χ1v) is 5.88. The molecule has 94 valence electrons. The van der Waals surface area contributed by atoms with Crippen LogP contribution in [0.15, 0.2) is 18.2 Å². The lowest BCUT2D eigenvalue weighted by atomic mass is 10.1. The van der Waals surface area contributed by atoms with Crippen LogP contribution in [0, 0.1) is 17.1 Å². The second-order valence-electron chi connectivity index (χ2n) is 4.29. The van der Waals surface area contributed by atoms with E-state index in [2.05, 4.69) is 6.07 Å². The molecule has 0 saturated heterocycles. The van der Waals surface area contributed by atoms with Gasteiger partial charge in [0, 0.05) is 18.5 Å². The average molecular weight is 247 g/mol. The molecule has 1 heterocycles. The van der Waals surface area contributed by atoms with Crippen LogP contribution in [-0.4, -0.2) is 12.5 Å². The Morgan fingerprint density at radius 3 is 2.94 bits per heavy atom. The molecule has 1 aliphatic rings. The third-order valence-corrected chi connectivity index (χ3v) is 3.07. The Morgan fingerprint density at radius 2 is 2.22 bits per heavy atom. The highest BCUT2D eigenvalue weighted by atomic mass is 19.1. The van der Waals surface area contributed by atoms with Crippen LogP contribution >= 0.6 is 0 Å². The molecule has 0 aromatic heterocycles. The topological polar surface area (TPSA) is 70.1 Å². The number of carbonyl (C=O) groups excluding carboxylic acids is 1. The van der Waals surface area contributed by atoms with E-state index in [4.69, 9.17) is 11.0 Å². The summed E-state index contributed by atoms with van der Waals surface area (Å²) < 4.78 is 13.2. The van der Waals surface area contributed by atoms with E-state index in [0.29, 0.717) is 30.6 Å². The maximum Gasteiger partial charge on any atom is 0.248 e. The van der Waals surface area contributed by atoms with Crippen molar-refractivity contribution < 1.29 is 9.18 Å². The Balaban J connectivity index is 2.15. The standard InChI is InChI=1S/C13H14FN3O/c14-9-4-5-10-11(8-9)17(13(18)12(10)16)7-3-1-2-6-15/h4-5,8,12H,1-3,7,16H2. The van der Waals surface area contributed by atoms with E-state index in [9.17, 15) is 9.18 Å². The number of carbonyl (C=O) groups is 1. The highest BCUT2D eigenvalue weighted by Gasteiger charge is 2.34. The molecule has 0 spiro atoms. The van der Waals surface area contributed by atoms with E-state index in [1.165, 1.54) is 17.0 Å². The fourth-order valence-corrected chi connectivity index (χ4v) is 2.14. The number of nitriles is 1. The number of nitrogens with zero attached hydrogens (tertiary/aromatic N) is 2. The van der Waals surface area contributed by atoms with Crippen molar-refractivity contribution in [1.82, 2.24) is 0 Å². The lowest BCUT2D eigenvalue weighted by molar-refractivity contribution is -0.119. The van der Waals surface area contributed by atoms with Crippen molar-refractivity contribution >= 4 is 11.6 Å². The number of hydrogen-bond acceptors (Lipinski definition) is 3. The maximum atomic E-state index is 13.2. The summed E-state index contributed by atoms with van der Waals surface area (Å²) >= 11 is 0. The fraction of sp³-hybridized carbons (Fsp3) is 0.385. The molecule has 0 aliphatic carbocycles. The van der Waals surface area contributed by atoms with E-state index in [1.807, 2.05) is 0 Å². The summed E-state index contributed by atoms with van der Waals surface area (Å²) in [4.78, 5) is 13.5. The van der Waals surface area contributed by atoms with Gasteiger partial charge >= 0.3 is 0 Å². The van der Waals surface area contributed by atoms with Gasteiger partial charge in [0.05, 0.1) is 11.8 Å². The SMILES string of the molecule is N#CCCCCN1C(=O)C(N)c2ccc(F)cc21. The summed E-state index contributed by atoms with van der Waals surface area (Å²) in [6, 6.07) is 5.56. The molecule has 18 heavy (non-hydrogen) atoms. The molecule has 0 saturated carbocycles. The Hall–Kier alpha value is -1.93. The second-order valence-corrected chi connectivity index (χ2v) is 4.29. The van der Waals surface area contributed by atoms with Crippen molar-refractivity contribution in [2.45, 2.75) is 25.3 Å². The largest absolute Gasteiger partial charge is 0.316 e. The van der Waals surface area contributed by atoms with Gasteiger partial charge in [-0.05, 0) is 25.0 Å². The van der Waals surface area contributed by atoms with Crippen molar-refractivity contribution in [3.05, 3.63) is 29.6 Å². The van der Waals surface area contributed by atoms with Crippen LogP contribution in [0.25, 0.3) is 0 Å². The zero-order valence-electron chi connectivity index (χ0n) is 9.90. The van der Waals surface area contributed by atoms with Crippen molar-refractivity contribution in [2.75, 3.05) is 11.4 Å². The number of halogens is 1. The number of fused-ring (bicyclic) bond motifs is 1. The van der Waals surface area contributed by atoms with E-state index in [-0.39, 0.29) is 11.7 Å². The highest BCUT2D eigenvalue weighted by Crippen LogP contribution is 2.35. The van der Waals surface area contributed by atoms with Crippen LogP contribution in [0.2, 0.25) is 0 Å². The fourth-order valence-electron chi connectivity index (χ4n) is 2.14. The minimum Gasteiger partial charge on any atom is -0.316 e. The summed E-state index contributed by atoms with van der Waals surface area (Å²) in [5, 5.41) is 8.45. The van der Waals surface area contributed by atoms with E-state index < -0.39 is 6.04 Å². The Kier molecular flexibility index (Phi) is 3.58. The van der Waals surface area contributed by atoms with Gasteiger partial charge < -0.3 is 10.6 Å². The Labute approximate surface area is 105 Å². The van der Waals surface area contributed by atoms with E-state index in [0.717, 1.165) is 6.42 Å². The molecule has 5 heteroatoms. The number of rotatable bonds is 4. The molecule has 1 aromatic rings. The van der Waals surface area contributed by atoms with Gasteiger partial charge in [0.25, 0.3) is 0 Å². The van der Waals surface area contributed by atoms with Gasteiger partial charge in [0.1, 0.15) is 11.9 Å². The van der Waals surface area contributed by atoms with Crippen LogP contribution in [0.3, 0.4) is 0 Å². The predicted molar refractivity (Wildman–Crippen MR) is 65.1 cm³/mol. The molecule has 0 bridgehead atoms. The number of unbranched alkanes of at least 4 members (excludes halogenated alkanes) is 2. The van der Waals surface area contributed by atoms with Gasteiger partial charge in [-0.2, -0.15) is 5.26 Å². The Bertz CT molecular complexity index is 509.